The molecule has 1 aromatic heterocycles. The average Bonchev–Trinajstić information content (AvgIpc) is 2.03. The van der Waals surface area contributed by atoms with Crippen molar-refractivity contribution in [2.45, 2.75) is 13.0 Å². The second-order valence-corrected chi connectivity index (χ2v) is 2.50. The summed E-state index contributed by atoms with van der Waals surface area (Å²) in [5.41, 5.74) is 1.04. The Bertz CT molecular complexity index is 298. The van der Waals surface area contributed by atoms with Crippen LogP contribution in [0.4, 0.5) is 0 Å². The Hall–Kier alpha value is -1.42. The van der Waals surface area contributed by atoms with Gasteiger partial charge in [0.15, 0.2) is 6.10 Å². The van der Waals surface area contributed by atoms with Gasteiger partial charge in [-0.25, -0.2) is 4.79 Å². The normalized spacial score (nSPS) is 12.5. The van der Waals surface area contributed by atoms with Crippen LogP contribution in [0.2, 0.25) is 0 Å². The lowest BCUT2D eigenvalue weighted by atomic mass is 10.2. The van der Waals surface area contributed by atoms with Gasteiger partial charge in [0, 0.05) is 6.20 Å². The fraction of sp³-hybridized carbons (Fsp3) is 0.250. The lowest BCUT2D eigenvalue weighted by molar-refractivity contribution is -0.147. The maximum absolute atomic E-state index is 10.3. The van der Waals surface area contributed by atoms with Crippen molar-refractivity contribution in [1.82, 2.24) is 4.98 Å². The van der Waals surface area contributed by atoms with E-state index in [0.717, 1.165) is 5.56 Å². The first kappa shape index (κ1) is 8.67. The zero-order valence-corrected chi connectivity index (χ0v) is 6.56. The van der Waals surface area contributed by atoms with Crippen LogP contribution in [0.1, 0.15) is 17.4 Å². The standard InChI is InChI=1S/C8H9NO3/c1-5-2-3-9-6(4-5)7(10)8(11)12/h2-4,7,10H,1H3,(H,11,12)/t7-/m1/s1. The second-order valence-electron chi connectivity index (χ2n) is 2.50. The smallest absolute Gasteiger partial charge is 0.338 e. The average molecular weight is 167 g/mol. The maximum Gasteiger partial charge on any atom is 0.338 e. The van der Waals surface area contributed by atoms with Crippen LogP contribution in [0.5, 0.6) is 0 Å². The maximum atomic E-state index is 10.3. The van der Waals surface area contributed by atoms with Gasteiger partial charge in [-0.15, -0.1) is 0 Å². The molecule has 0 unspecified atom stereocenters. The Balaban J connectivity index is 2.95. The predicted molar refractivity (Wildman–Crippen MR) is 41.6 cm³/mol. The highest BCUT2D eigenvalue weighted by molar-refractivity contribution is 5.73. The molecule has 1 atom stereocenters. The summed E-state index contributed by atoms with van der Waals surface area (Å²) in [6.07, 6.45) is -0.0542. The van der Waals surface area contributed by atoms with Gasteiger partial charge in [0.1, 0.15) is 0 Å². The van der Waals surface area contributed by atoms with Gasteiger partial charge in [-0.2, -0.15) is 0 Å². The van der Waals surface area contributed by atoms with E-state index in [1.165, 1.54) is 6.20 Å². The van der Waals surface area contributed by atoms with E-state index in [1.807, 2.05) is 0 Å². The molecule has 0 radical (unpaired) electrons. The van der Waals surface area contributed by atoms with Gasteiger partial charge in [-0.3, -0.25) is 4.98 Å². The first-order valence-electron chi connectivity index (χ1n) is 3.44. The minimum atomic E-state index is -1.52. The molecule has 0 bridgehead atoms. The molecule has 12 heavy (non-hydrogen) atoms. The number of pyridine rings is 1. The van der Waals surface area contributed by atoms with Crippen molar-refractivity contribution in [3.05, 3.63) is 29.6 Å². The number of hydrogen-bond donors (Lipinski definition) is 2. The van der Waals surface area contributed by atoms with Gasteiger partial charge < -0.3 is 10.2 Å². The van der Waals surface area contributed by atoms with E-state index in [-0.39, 0.29) is 5.69 Å². The van der Waals surface area contributed by atoms with Crippen molar-refractivity contribution < 1.29 is 15.0 Å². The van der Waals surface area contributed by atoms with Crippen LogP contribution in [0.25, 0.3) is 0 Å². The molecule has 4 heteroatoms. The minimum absolute atomic E-state index is 0.169. The second kappa shape index (κ2) is 3.32. The summed E-state index contributed by atoms with van der Waals surface area (Å²) >= 11 is 0. The van der Waals surface area contributed by atoms with Gasteiger partial charge >= 0.3 is 5.97 Å². The summed E-state index contributed by atoms with van der Waals surface area (Å²) in [6.45, 7) is 1.81. The Morgan fingerprint density at radius 3 is 2.83 bits per heavy atom. The van der Waals surface area contributed by atoms with E-state index >= 15 is 0 Å². The van der Waals surface area contributed by atoms with Crippen LogP contribution in [0.3, 0.4) is 0 Å². The lowest BCUT2D eigenvalue weighted by Crippen LogP contribution is -2.11. The highest BCUT2D eigenvalue weighted by atomic mass is 16.4. The number of aliphatic carboxylic acids is 1. The van der Waals surface area contributed by atoms with Gasteiger partial charge in [-0.05, 0) is 24.6 Å². The number of aliphatic hydroxyl groups is 1. The Kier molecular flexibility index (Phi) is 2.40. The number of aryl methyl sites for hydroxylation is 1. The Morgan fingerprint density at radius 2 is 2.33 bits per heavy atom. The first-order chi connectivity index (χ1) is 5.61. The zero-order chi connectivity index (χ0) is 9.14. The Morgan fingerprint density at radius 1 is 1.67 bits per heavy atom. The van der Waals surface area contributed by atoms with Crippen molar-refractivity contribution in [2.24, 2.45) is 0 Å². The topological polar surface area (TPSA) is 70.4 Å². The van der Waals surface area contributed by atoms with Gasteiger partial charge in [0.05, 0.1) is 5.69 Å². The van der Waals surface area contributed by atoms with Crippen LogP contribution >= 0.6 is 0 Å². The van der Waals surface area contributed by atoms with E-state index in [0.29, 0.717) is 0 Å². The van der Waals surface area contributed by atoms with E-state index in [4.69, 9.17) is 10.2 Å². The summed E-state index contributed by atoms with van der Waals surface area (Å²) in [6, 6.07) is 3.27. The summed E-state index contributed by atoms with van der Waals surface area (Å²) in [5.74, 6) is -1.28. The van der Waals surface area contributed by atoms with Crippen molar-refractivity contribution in [3.63, 3.8) is 0 Å². The molecule has 0 aliphatic rings. The van der Waals surface area contributed by atoms with Gasteiger partial charge in [0.2, 0.25) is 0 Å². The van der Waals surface area contributed by atoms with E-state index in [9.17, 15) is 4.79 Å². The molecule has 2 N–H and O–H groups in total. The van der Waals surface area contributed by atoms with Gasteiger partial charge in [0.25, 0.3) is 0 Å². The molecule has 4 nitrogen and oxygen atoms in total. The molecular formula is C8H9NO3. The minimum Gasteiger partial charge on any atom is -0.479 e. The summed E-state index contributed by atoms with van der Waals surface area (Å²) in [5, 5.41) is 17.5. The quantitative estimate of drug-likeness (QED) is 0.673. The molecule has 0 spiro atoms. The van der Waals surface area contributed by atoms with E-state index in [2.05, 4.69) is 4.98 Å². The van der Waals surface area contributed by atoms with Crippen LogP contribution in [0.15, 0.2) is 18.3 Å². The Labute approximate surface area is 69.5 Å². The molecule has 0 amide bonds. The number of carboxylic acids is 1. The first-order valence-corrected chi connectivity index (χ1v) is 3.44. The highest BCUT2D eigenvalue weighted by Crippen LogP contribution is 2.10. The molecule has 1 aromatic rings. The predicted octanol–water partition coefficient (Wildman–Crippen LogP) is 0.508. The molecular weight excluding hydrogens is 158 g/mol. The molecule has 0 saturated heterocycles. The molecule has 64 valence electrons. The molecule has 0 saturated carbocycles. The van der Waals surface area contributed by atoms with Crippen LogP contribution in [0, 0.1) is 6.92 Å². The van der Waals surface area contributed by atoms with E-state index in [1.54, 1.807) is 19.1 Å². The number of aliphatic hydroxyl groups excluding tert-OH is 1. The van der Waals surface area contributed by atoms with Crippen LogP contribution in [-0.4, -0.2) is 21.2 Å². The van der Waals surface area contributed by atoms with Crippen LogP contribution in [-0.2, 0) is 4.79 Å². The monoisotopic (exact) mass is 167 g/mol. The summed E-state index contributed by atoms with van der Waals surface area (Å²) < 4.78 is 0. The number of hydrogen-bond acceptors (Lipinski definition) is 3. The summed E-state index contributed by atoms with van der Waals surface area (Å²) in [4.78, 5) is 14.1. The largest absolute Gasteiger partial charge is 0.479 e. The molecule has 1 heterocycles. The molecule has 0 aliphatic carbocycles. The van der Waals surface area contributed by atoms with E-state index < -0.39 is 12.1 Å². The van der Waals surface area contributed by atoms with Gasteiger partial charge in [-0.1, -0.05) is 0 Å². The summed E-state index contributed by atoms with van der Waals surface area (Å²) in [7, 11) is 0. The number of aromatic nitrogens is 1. The number of nitrogens with zero attached hydrogens (tertiary/aromatic N) is 1. The SMILES string of the molecule is Cc1ccnc([C@@H](O)C(=O)O)c1. The fourth-order valence-electron chi connectivity index (χ4n) is 0.836. The third-order valence-electron chi connectivity index (χ3n) is 1.45. The molecule has 1 rings (SSSR count). The third kappa shape index (κ3) is 1.79. The number of carbonyl (C=O) groups is 1. The van der Waals surface area contributed by atoms with Crippen molar-refractivity contribution in [1.29, 1.82) is 0 Å². The zero-order valence-electron chi connectivity index (χ0n) is 6.56. The van der Waals surface area contributed by atoms with Crippen molar-refractivity contribution in [3.8, 4) is 0 Å². The number of carboxylic acid groups (broad SMARTS) is 1. The highest BCUT2D eigenvalue weighted by Gasteiger charge is 2.16. The van der Waals surface area contributed by atoms with Crippen molar-refractivity contribution in [2.75, 3.05) is 0 Å². The fourth-order valence-corrected chi connectivity index (χ4v) is 0.836. The third-order valence-corrected chi connectivity index (χ3v) is 1.45. The molecule has 0 fully saturated rings. The molecule has 0 aromatic carbocycles. The van der Waals surface area contributed by atoms with Crippen LogP contribution < -0.4 is 0 Å². The lowest BCUT2D eigenvalue weighted by Gasteiger charge is -2.04. The molecule has 0 aliphatic heterocycles. The van der Waals surface area contributed by atoms with Crippen molar-refractivity contribution >= 4 is 5.97 Å². The number of rotatable bonds is 2.